The van der Waals surface area contributed by atoms with Crippen molar-refractivity contribution in [1.29, 1.82) is 10.8 Å². The van der Waals surface area contributed by atoms with Crippen LogP contribution in [0.25, 0.3) is 0 Å². The number of aryl methyl sites for hydroxylation is 1. The van der Waals surface area contributed by atoms with Gasteiger partial charge in [0, 0.05) is 29.3 Å². The molecule has 24 heavy (non-hydrogen) atoms. The molecule has 0 radical (unpaired) electrons. The van der Waals surface area contributed by atoms with Crippen LogP contribution in [0.4, 0.5) is 0 Å². The maximum absolute atomic E-state index is 7.55. The summed E-state index contributed by atoms with van der Waals surface area (Å²) < 4.78 is 0. The van der Waals surface area contributed by atoms with Crippen molar-refractivity contribution in [3.05, 3.63) is 53.6 Å². The van der Waals surface area contributed by atoms with Gasteiger partial charge in [0.1, 0.15) is 0 Å². The molecule has 0 fully saturated rings. The van der Waals surface area contributed by atoms with Crippen molar-refractivity contribution in [3.8, 4) is 0 Å². The Bertz CT molecular complexity index is 654. The van der Waals surface area contributed by atoms with E-state index in [2.05, 4.69) is 34.2 Å². The Hall–Kier alpha value is -1.93. The van der Waals surface area contributed by atoms with Crippen LogP contribution in [0.5, 0.6) is 0 Å². The molecule has 0 bridgehead atoms. The highest BCUT2D eigenvalue weighted by Crippen LogP contribution is 2.20. The predicted molar refractivity (Wildman–Crippen MR) is 104 cm³/mol. The molecule has 128 valence electrons. The quantitative estimate of drug-likeness (QED) is 0.364. The first-order valence-corrected chi connectivity index (χ1v) is 9.42. The lowest BCUT2D eigenvalue weighted by Crippen LogP contribution is -2.17. The van der Waals surface area contributed by atoms with Crippen LogP contribution >= 0.6 is 23.5 Å². The average molecular weight is 363 g/mol. The number of thioether (sulfide) groups is 2. The Balaban J connectivity index is 1.92. The molecule has 0 unspecified atom stereocenters. The summed E-state index contributed by atoms with van der Waals surface area (Å²) in [4.78, 5) is 7.14. The summed E-state index contributed by atoms with van der Waals surface area (Å²) in [5.41, 5.74) is 14.4. The van der Waals surface area contributed by atoms with Crippen LogP contribution in [0.15, 0.2) is 36.8 Å². The molecule has 7 N–H and O–H groups in total. The summed E-state index contributed by atoms with van der Waals surface area (Å²) in [6.45, 7) is 0. The summed E-state index contributed by atoms with van der Waals surface area (Å²) in [7, 11) is 0. The van der Waals surface area contributed by atoms with Crippen LogP contribution in [0.3, 0.4) is 0 Å². The van der Waals surface area contributed by atoms with Gasteiger partial charge in [0.2, 0.25) is 0 Å². The monoisotopic (exact) mass is 362 g/mol. The Morgan fingerprint density at radius 1 is 1.08 bits per heavy atom. The lowest BCUT2D eigenvalue weighted by atomic mass is 10.0. The van der Waals surface area contributed by atoms with E-state index in [4.69, 9.17) is 22.3 Å². The van der Waals surface area contributed by atoms with E-state index < -0.39 is 0 Å². The number of H-pyrrole nitrogens is 1. The summed E-state index contributed by atoms with van der Waals surface area (Å²) >= 11 is 2.75. The highest BCUT2D eigenvalue weighted by atomic mass is 32.2. The fourth-order valence-electron chi connectivity index (χ4n) is 2.36. The van der Waals surface area contributed by atoms with Crippen molar-refractivity contribution in [2.24, 2.45) is 11.5 Å². The van der Waals surface area contributed by atoms with Gasteiger partial charge in [-0.15, -0.1) is 0 Å². The van der Waals surface area contributed by atoms with E-state index in [0.29, 0.717) is 0 Å². The number of rotatable bonds is 8. The van der Waals surface area contributed by atoms with Gasteiger partial charge in [-0.25, -0.2) is 4.98 Å². The third-order valence-electron chi connectivity index (χ3n) is 3.43. The van der Waals surface area contributed by atoms with E-state index in [9.17, 15) is 0 Å². The van der Waals surface area contributed by atoms with Crippen molar-refractivity contribution < 1.29 is 0 Å². The first-order chi connectivity index (χ1) is 11.5. The molecule has 0 aliphatic carbocycles. The number of nitrogens with zero attached hydrogens (tertiary/aromatic N) is 1. The third kappa shape index (κ3) is 6.67. The minimum atomic E-state index is 0.136. The molecular formula is C16H22N6S2. The molecule has 0 aliphatic heterocycles. The Morgan fingerprint density at radius 3 is 2.38 bits per heavy atom. The number of benzene rings is 1. The molecule has 1 heterocycles. The third-order valence-corrected chi connectivity index (χ3v) is 5.07. The van der Waals surface area contributed by atoms with Crippen LogP contribution in [-0.2, 0) is 19.3 Å². The molecule has 1 atom stereocenters. The molecule has 8 heteroatoms. The van der Waals surface area contributed by atoms with Gasteiger partial charge in [-0.1, -0.05) is 47.8 Å². The van der Waals surface area contributed by atoms with Gasteiger partial charge in [-0.3, -0.25) is 10.8 Å². The zero-order valence-corrected chi connectivity index (χ0v) is 14.9. The second kappa shape index (κ2) is 9.39. The van der Waals surface area contributed by atoms with E-state index in [-0.39, 0.29) is 15.6 Å². The Morgan fingerprint density at radius 2 is 1.79 bits per heavy atom. The topological polar surface area (TPSA) is 128 Å². The maximum atomic E-state index is 7.55. The number of imidazole rings is 1. The van der Waals surface area contributed by atoms with Crippen molar-refractivity contribution >= 4 is 33.9 Å². The average Bonchev–Trinajstić information content (AvgIpc) is 3.01. The maximum Gasteiger partial charge on any atom is 0.151 e. The van der Waals surface area contributed by atoms with Gasteiger partial charge < -0.3 is 16.5 Å². The number of nitrogens with two attached hydrogens (primary N) is 2. The van der Waals surface area contributed by atoms with Gasteiger partial charge in [0.05, 0.1) is 6.33 Å². The van der Waals surface area contributed by atoms with Gasteiger partial charge in [0.15, 0.2) is 10.3 Å². The minimum Gasteiger partial charge on any atom is -0.379 e. The summed E-state index contributed by atoms with van der Waals surface area (Å²) in [5.74, 6) is 0.817. The smallest absolute Gasteiger partial charge is 0.151 e. The van der Waals surface area contributed by atoms with Crippen molar-refractivity contribution in [3.63, 3.8) is 0 Å². The summed E-state index contributed by atoms with van der Waals surface area (Å²) in [6.07, 6.45) is 6.00. The number of amidine groups is 2. The molecule has 0 saturated carbocycles. The first kappa shape index (κ1) is 18.4. The Kier molecular flexibility index (Phi) is 7.20. The molecule has 2 aromatic rings. The van der Waals surface area contributed by atoms with E-state index in [0.717, 1.165) is 30.7 Å². The molecular weight excluding hydrogens is 340 g/mol. The second-order valence-corrected chi connectivity index (χ2v) is 7.85. The molecule has 0 saturated heterocycles. The lowest BCUT2D eigenvalue weighted by Gasteiger charge is -2.15. The second-order valence-electron chi connectivity index (χ2n) is 5.37. The largest absolute Gasteiger partial charge is 0.379 e. The number of hydrogen-bond acceptors (Lipinski definition) is 5. The highest BCUT2D eigenvalue weighted by molar-refractivity contribution is 8.14. The first-order valence-electron chi connectivity index (χ1n) is 7.55. The summed E-state index contributed by atoms with van der Waals surface area (Å²) in [5, 5.41) is 15.3. The fourth-order valence-corrected chi connectivity index (χ4v) is 3.82. The SMILES string of the molecule is N=C(N)SCCc1ccc(C[C@@H](Cc2cnc[nH]2)SC(=N)N)cc1. The molecule has 1 aromatic carbocycles. The van der Waals surface area contributed by atoms with Crippen molar-refractivity contribution in [2.75, 3.05) is 5.75 Å². The molecule has 0 amide bonds. The van der Waals surface area contributed by atoms with Crippen LogP contribution in [0.1, 0.15) is 16.8 Å². The van der Waals surface area contributed by atoms with E-state index in [1.807, 2.05) is 6.20 Å². The molecule has 1 aromatic heterocycles. The van der Waals surface area contributed by atoms with Crippen LogP contribution in [0.2, 0.25) is 0 Å². The predicted octanol–water partition coefficient (Wildman–Crippen LogP) is 2.36. The number of aromatic amines is 1. The number of hydrogen-bond donors (Lipinski definition) is 5. The van der Waals surface area contributed by atoms with Gasteiger partial charge in [-0.05, 0) is 24.0 Å². The molecule has 0 aliphatic rings. The minimum absolute atomic E-state index is 0.136. The van der Waals surface area contributed by atoms with Crippen LogP contribution < -0.4 is 11.5 Å². The van der Waals surface area contributed by atoms with Gasteiger partial charge in [0.25, 0.3) is 0 Å². The zero-order valence-electron chi connectivity index (χ0n) is 13.3. The number of aromatic nitrogens is 2. The van der Waals surface area contributed by atoms with Gasteiger partial charge >= 0.3 is 0 Å². The fraction of sp³-hybridized carbons (Fsp3) is 0.312. The molecule has 6 nitrogen and oxygen atoms in total. The van der Waals surface area contributed by atoms with Crippen molar-refractivity contribution in [1.82, 2.24) is 9.97 Å². The number of nitrogens with one attached hydrogen (secondary N) is 3. The van der Waals surface area contributed by atoms with Crippen LogP contribution in [-0.4, -0.2) is 31.3 Å². The molecule has 0 spiro atoms. The normalized spacial score (nSPS) is 12.0. The zero-order chi connectivity index (χ0) is 17.4. The van der Waals surface area contributed by atoms with E-state index >= 15 is 0 Å². The summed E-state index contributed by atoms with van der Waals surface area (Å²) in [6, 6.07) is 8.46. The van der Waals surface area contributed by atoms with Gasteiger partial charge in [-0.2, -0.15) is 0 Å². The lowest BCUT2D eigenvalue weighted by molar-refractivity contribution is 0.827. The Labute approximate surface area is 150 Å². The highest BCUT2D eigenvalue weighted by Gasteiger charge is 2.14. The standard InChI is InChI=1S/C16H22N6S2/c17-15(18)23-6-5-11-1-3-12(4-2-11)7-14(24-16(19)20)8-13-9-21-10-22-13/h1-4,9-10,14H,5-8H2,(H3,17,18)(H3,19,20)(H,21,22)/t14-/m0/s1. The van der Waals surface area contributed by atoms with E-state index in [1.54, 1.807) is 6.33 Å². The van der Waals surface area contributed by atoms with Crippen molar-refractivity contribution in [2.45, 2.75) is 24.5 Å². The van der Waals surface area contributed by atoms with E-state index in [1.165, 1.54) is 34.7 Å². The molecule has 2 rings (SSSR count). The van der Waals surface area contributed by atoms with Crippen LogP contribution in [0, 0.1) is 10.8 Å².